The molecule has 0 aliphatic carbocycles. The van der Waals surface area contributed by atoms with Gasteiger partial charge in [-0.15, -0.1) is 12.4 Å². The van der Waals surface area contributed by atoms with Crippen LogP contribution in [0, 0.1) is 0 Å². The lowest BCUT2D eigenvalue weighted by molar-refractivity contribution is -0.132. The number of halogens is 1. The summed E-state index contributed by atoms with van der Waals surface area (Å²) >= 11 is 0. The Kier molecular flexibility index (Phi) is 6.68. The van der Waals surface area contributed by atoms with Crippen LogP contribution < -0.4 is 11.1 Å². The van der Waals surface area contributed by atoms with E-state index in [2.05, 4.69) is 35.6 Å². The van der Waals surface area contributed by atoms with E-state index >= 15 is 0 Å². The molecule has 1 aliphatic rings. The third-order valence-corrected chi connectivity index (χ3v) is 5.19. The molecule has 3 aromatic rings. The van der Waals surface area contributed by atoms with Crippen molar-refractivity contribution in [2.24, 2.45) is 5.73 Å². The molecule has 0 saturated carbocycles. The average Bonchev–Trinajstić information content (AvgIpc) is 3.22. The summed E-state index contributed by atoms with van der Waals surface area (Å²) in [7, 11) is 0. The van der Waals surface area contributed by atoms with Crippen molar-refractivity contribution >= 4 is 29.1 Å². The van der Waals surface area contributed by atoms with Gasteiger partial charge < -0.3 is 15.8 Å². The highest BCUT2D eigenvalue weighted by Gasteiger charge is 2.31. The van der Waals surface area contributed by atoms with Gasteiger partial charge in [0.15, 0.2) is 0 Å². The molecule has 1 amide bonds. The first-order chi connectivity index (χ1) is 13.2. The number of carbonyl (C=O) groups excluding carboxylic acids is 1. The van der Waals surface area contributed by atoms with Crippen molar-refractivity contribution in [1.29, 1.82) is 0 Å². The minimum absolute atomic E-state index is 0. The Morgan fingerprint density at radius 1 is 0.964 bits per heavy atom. The third-order valence-electron chi connectivity index (χ3n) is 5.19. The molecule has 0 radical (unpaired) electrons. The predicted molar refractivity (Wildman–Crippen MR) is 115 cm³/mol. The molecule has 1 unspecified atom stereocenters. The Morgan fingerprint density at radius 2 is 1.68 bits per heavy atom. The molecule has 1 aliphatic heterocycles. The lowest BCUT2D eigenvalue weighted by Gasteiger charge is -2.22. The van der Waals surface area contributed by atoms with Crippen molar-refractivity contribution < 1.29 is 9.53 Å². The van der Waals surface area contributed by atoms with Crippen LogP contribution in [0.25, 0.3) is 10.8 Å². The van der Waals surface area contributed by atoms with Gasteiger partial charge in [0.2, 0.25) is 5.91 Å². The van der Waals surface area contributed by atoms with Gasteiger partial charge in [0.05, 0.1) is 12.1 Å². The standard InChI is InChI=1S/C23H24N2O2.ClH/c24-15-20-12-13-21(27-20)23(26)25-22(17-7-2-1-3-8-17)19-11-10-16-6-4-5-9-18(16)14-19;/h1-11,14,20-22H,12-13,15,24H2,(H,25,26);1H/t20-,21+,22?;/m1./s1. The Hall–Kier alpha value is -2.40. The number of hydrogen-bond acceptors (Lipinski definition) is 3. The van der Waals surface area contributed by atoms with Gasteiger partial charge in [-0.2, -0.15) is 0 Å². The maximum absolute atomic E-state index is 12.9. The highest BCUT2D eigenvalue weighted by atomic mass is 35.5. The van der Waals surface area contributed by atoms with Gasteiger partial charge in [-0.25, -0.2) is 0 Å². The summed E-state index contributed by atoms with van der Waals surface area (Å²) in [5.41, 5.74) is 7.78. The van der Waals surface area contributed by atoms with E-state index in [0.717, 1.165) is 22.9 Å². The minimum atomic E-state index is -0.426. The van der Waals surface area contributed by atoms with E-state index in [4.69, 9.17) is 10.5 Å². The summed E-state index contributed by atoms with van der Waals surface area (Å²) in [6.07, 6.45) is 1.11. The van der Waals surface area contributed by atoms with Crippen molar-refractivity contribution in [3.63, 3.8) is 0 Å². The van der Waals surface area contributed by atoms with E-state index in [1.165, 1.54) is 5.39 Å². The number of amides is 1. The fraction of sp³-hybridized carbons (Fsp3) is 0.261. The molecule has 3 aromatic carbocycles. The predicted octanol–water partition coefficient (Wildman–Crippen LogP) is 3.97. The van der Waals surface area contributed by atoms with Gasteiger partial charge in [-0.3, -0.25) is 4.79 Å². The van der Waals surface area contributed by atoms with Crippen molar-refractivity contribution in [2.75, 3.05) is 6.54 Å². The van der Waals surface area contributed by atoms with Crippen LogP contribution in [0.2, 0.25) is 0 Å². The van der Waals surface area contributed by atoms with Gasteiger partial charge in [-0.1, -0.05) is 66.7 Å². The van der Waals surface area contributed by atoms with E-state index in [0.29, 0.717) is 13.0 Å². The first-order valence-corrected chi connectivity index (χ1v) is 9.44. The molecule has 4 rings (SSSR count). The molecule has 5 heteroatoms. The molecule has 3 N–H and O–H groups in total. The Balaban J connectivity index is 0.00000225. The zero-order valence-corrected chi connectivity index (χ0v) is 16.4. The van der Waals surface area contributed by atoms with Crippen molar-refractivity contribution in [3.05, 3.63) is 83.9 Å². The number of carbonyl (C=O) groups is 1. The molecule has 28 heavy (non-hydrogen) atoms. The Morgan fingerprint density at radius 3 is 2.39 bits per heavy atom. The number of ether oxygens (including phenoxy) is 1. The highest BCUT2D eigenvalue weighted by Crippen LogP contribution is 2.27. The fourth-order valence-electron chi connectivity index (χ4n) is 3.70. The molecular weight excluding hydrogens is 372 g/mol. The van der Waals surface area contributed by atoms with Gasteiger partial charge in [0.1, 0.15) is 6.10 Å². The zero-order valence-electron chi connectivity index (χ0n) is 15.6. The smallest absolute Gasteiger partial charge is 0.249 e. The molecule has 4 nitrogen and oxygen atoms in total. The Bertz CT molecular complexity index is 932. The quantitative estimate of drug-likeness (QED) is 0.685. The first kappa shape index (κ1) is 20.3. The minimum Gasteiger partial charge on any atom is -0.364 e. The summed E-state index contributed by atoms with van der Waals surface area (Å²) in [6, 6.07) is 24.4. The normalized spacial score (nSPS) is 19.8. The van der Waals surface area contributed by atoms with Crippen molar-refractivity contribution in [2.45, 2.75) is 31.1 Å². The van der Waals surface area contributed by atoms with Crippen LogP contribution in [-0.4, -0.2) is 24.7 Å². The number of hydrogen-bond donors (Lipinski definition) is 2. The lowest BCUT2D eigenvalue weighted by atomic mass is 9.96. The van der Waals surface area contributed by atoms with Crippen LogP contribution in [0.4, 0.5) is 0 Å². The van der Waals surface area contributed by atoms with E-state index < -0.39 is 6.10 Å². The van der Waals surface area contributed by atoms with Gasteiger partial charge >= 0.3 is 0 Å². The number of nitrogens with one attached hydrogen (secondary N) is 1. The van der Waals surface area contributed by atoms with Crippen LogP contribution in [0.3, 0.4) is 0 Å². The molecule has 1 saturated heterocycles. The highest BCUT2D eigenvalue weighted by molar-refractivity contribution is 5.85. The first-order valence-electron chi connectivity index (χ1n) is 9.44. The maximum atomic E-state index is 12.9. The van der Waals surface area contributed by atoms with E-state index in [-0.39, 0.29) is 30.5 Å². The van der Waals surface area contributed by atoms with E-state index in [1.54, 1.807) is 0 Å². The third kappa shape index (κ3) is 4.36. The summed E-state index contributed by atoms with van der Waals surface area (Å²) in [5, 5.41) is 5.54. The topological polar surface area (TPSA) is 64.4 Å². The van der Waals surface area contributed by atoms with E-state index in [1.807, 2.05) is 42.5 Å². The Labute approximate surface area is 171 Å². The van der Waals surface area contributed by atoms with Crippen LogP contribution >= 0.6 is 12.4 Å². The SMILES string of the molecule is Cl.NC[C@H]1CC[C@@H](C(=O)NC(c2ccccc2)c2ccc3ccccc3c2)O1. The van der Waals surface area contributed by atoms with Crippen LogP contribution in [0.1, 0.15) is 30.0 Å². The number of nitrogens with two attached hydrogens (primary N) is 1. The van der Waals surface area contributed by atoms with Crippen molar-refractivity contribution in [3.8, 4) is 0 Å². The molecule has 0 spiro atoms. The molecule has 0 bridgehead atoms. The van der Waals surface area contributed by atoms with Gasteiger partial charge in [-0.05, 0) is 40.8 Å². The number of fused-ring (bicyclic) bond motifs is 1. The fourth-order valence-corrected chi connectivity index (χ4v) is 3.70. The molecule has 0 aromatic heterocycles. The van der Waals surface area contributed by atoms with Gasteiger partial charge in [0, 0.05) is 6.54 Å². The number of rotatable bonds is 5. The van der Waals surface area contributed by atoms with Crippen LogP contribution in [-0.2, 0) is 9.53 Å². The van der Waals surface area contributed by atoms with E-state index in [9.17, 15) is 4.79 Å². The van der Waals surface area contributed by atoms with Crippen LogP contribution in [0.5, 0.6) is 0 Å². The second-order valence-electron chi connectivity index (χ2n) is 7.02. The summed E-state index contributed by atoms with van der Waals surface area (Å²) in [4.78, 5) is 12.9. The summed E-state index contributed by atoms with van der Waals surface area (Å²) in [6.45, 7) is 0.455. The molecule has 1 fully saturated rings. The maximum Gasteiger partial charge on any atom is 0.249 e. The molecule has 146 valence electrons. The average molecular weight is 397 g/mol. The second-order valence-corrected chi connectivity index (χ2v) is 7.02. The lowest BCUT2D eigenvalue weighted by Crippen LogP contribution is -2.38. The second kappa shape index (κ2) is 9.20. The van der Waals surface area contributed by atoms with Gasteiger partial charge in [0.25, 0.3) is 0 Å². The number of benzene rings is 3. The summed E-state index contributed by atoms with van der Waals surface area (Å²) in [5.74, 6) is -0.0760. The molecule has 1 heterocycles. The monoisotopic (exact) mass is 396 g/mol. The zero-order chi connectivity index (χ0) is 18.6. The summed E-state index contributed by atoms with van der Waals surface area (Å²) < 4.78 is 5.78. The largest absolute Gasteiger partial charge is 0.364 e. The van der Waals surface area contributed by atoms with Crippen molar-refractivity contribution in [1.82, 2.24) is 5.32 Å². The molecule has 3 atom stereocenters. The molecular formula is C23H25ClN2O2. The van der Waals surface area contributed by atoms with Crippen LogP contribution in [0.15, 0.2) is 72.8 Å².